The lowest BCUT2D eigenvalue weighted by Crippen LogP contribution is -1.97. The van der Waals surface area contributed by atoms with Gasteiger partial charge in [0.25, 0.3) is 0 Å². The standard InChI is InChI=1S/C54H38O4/c1-5-19-39(20-6-1)47-31-13-14-32-48(47)42-25-17-28-44(37-42)55-45-29-18-30-46(38-45)57-52-36-35-49(40-21-7-2-8-22-40)54(53(52)41-23-9-3-10-24-41)58-51-34-16-15-33-50(51)56-43-26-11-4-12-27-43/h1-38H. The molecule has 58 heavy (non-hydrogen) atoms. The number of benzene rings is 9. The van der Waals surface area contributed by atoms with Crippen molar-refractivity contribution in [3.8, 4) is 90.5 Å². The van der Waals surface area contributed by atoms with E-state index in [4.69, 9.17) is 18.9 Å². The number of para-hydroxylation sites is 3. The summed E-state index contributed by atoms with van der Waals surface area (Å²) >= 11 is 0. The molecular formula is C54H38O4. The fourth-order valence-electron chi connectivity index (χ4n) is 7.02. The van der Waals surface area contributed by atoms with Crippen molar-refractivity contribution in [3.63, 3.8) is 0 Å². The van der Waals surface area contributed by atoms with Crippen molar-refractivity contribution in [2.24, 2.45) is 0 Å². The monoisotopic (exact) mass is 750 g/mol. The van der Waals surface area contributed by atoms with Crippen LogP contribution in [0.2, 0.25) is 0 Å². The third kappa shape index (κ3) is 8.08. The molecular weight excluding hydrogens is 713 g/mol. The molecule has 0 aromatic heterocycles. The minimum Gasteiger partial charge on any atom is -0.457 e. The van der Waals surface area contributed by atoms with Crippen LogP contribution >= 0.6 is 0 Å². The highest BCUT2D eigenvalue weighted by Gasteiger charge is 2.22. The topological polar surface area (TPSA) is 36.9 Å². The van der Waals surface area contributed by atoms with Crippen molar-refractivity contribution in [1.29, 1.82) is 0 Å². The molecule has 0 unspecified atom stereocenters. The van der Waals surface area contributed by atoms with Gasteiger partial charge in [-0.1, -0.05) is 164 Å². The molecule has 0 heterocycles. The van der Waals surface area contributed by atoms with Crippen LogP contribution in [0.15, 0.2) is 231 Å². The van der Waals surface area contributed by atoms with Gasteiger partial charge in [-0.15, -0.1) is 0 Å². The Hall–Kier alpha value is -7.82. The summed E-state index contributed by atoms with van der Waals surface area (Å²) in [4.78, 5) is 0. The molecule has 4 heteroatoms. The zero-order valence-corrected chi connectivity index (χ0v) is 31.6. The predicted molar refractivity (Wildman–Crippen MR) is 234 cm³/mol. The molecule has 0 saturated carbocycles. The van der Waals surface area contributed by atoms with Gasteiger partial charge in [0.15, 0.2) is 11.5 Å². The molecule has 0 radical (unpaired) electrons. The van der Waals surface area contributed by atoms with Crippen molar-refractivity contribution < 1.29 is 18.9 Å². The van der Waals surface area contributed by atoms with Gasteiger partial charge < -0.3 is 18.9 Å². The van der Waals surface area contributed by atoms with Crippen LogP contribution in [0.25, 0.3) is 44.5 Å². The van der Waals surface area contributed by atoms with E-state index in [1.54, 1.807) is 0 Å². The molecule has 0 bridgehead atoms. The van der Waals surface area contributed by atoms with E-state index in [-0.39, 0.29) is 0 Å². The third-order valence-corrected chi connectivity index (χ3v) is 9.72. The molecule has 0 fully saturated rings. The first-order valence-electron chi connectivity index (χ1n) is 19.2. The van der Waals surface area contributed by atoms with Crippen LogP contribution < -0.4 is 18.9 Å². The maximum atomic E-state index is 6.99. The summed E-state index contributed by atoms with van der Waals surface area (Å²) in [7, 11) is 0. The fraction of sp³-hybridized carbons (Fsp3) is 0. The lowest BCUT2D eigenvalue weighted by Gasteiger charge is -2.21. The van der Waals surface area contributed by atoms with Crippen molar-refractivity contribution in [3.05, 3.63) is 231 Å². The average Bonchev–Trinajstić information content (AvgIpc) is 3.29. The number of rotatable bonds is 12. The first-order chi connectivity index (χ1) is 28.7. The zero-order valence-electron chi connectivity index (χ0n) is 31.6. The van der Waals surface area contributed by atoms with E-state index in [1.807, 2.05) is 146 Å². The Morgan fingerprint density at radius 3 is 1.31 bits per heavy atom. The molecule has 0 aliphatic carbocycles. The largest absolute Gasteiger partial charge is 0.457 e. The minimum absolute atomic E-state index is 0.571. The van der Waals surface area contributed by atoms with Gasteiger partial charge in [0.05, 0.1) is 5.56 Å². The van der Waals surface area contributed by atoms with Crippen molar-refractivity contribution in [2.75, 3.05) is 0 Å². The van der Waals surface area contributed by atoms with Crippen LogP contribution in [-0.2, 0) is 0 Å². The molecule has 0 aliphatic rings. The Labute approximate surface area is 338 Å². The van der Waals surface area contributed by atoms with Gasteiger partial charge in [-0.05, 0) is 94.0 Å². The summed E-state index contributed by atoms with van der Waals surface area (Å²) in [6.07, 6.45) is 0. The molecule has 9 rings (SSSR count). The van der Waals surface area contributed by atoms with Crippen LogP contribution in [0, 0.1) is 0 Å². The van der Waals surface area contributed by atoms with E-state index in [0.717, 1.165) is 39.1 Å². The van der Waals surface area contributed by atoms with Gasteiger partial charge in [0, 0.05) is 11.6 Å². The molecule has 0 atom stereocenters. The Balaban J connectivity index is 1.08. The molecule has 0 aliphatic heterocycles. The maximum Gasteiger partial charge on any atom is 0.170 e. The third-order valence-electron chi connectivity index (χ3n) is 9.72. The van der Waals surface area contributed by atoms with Gasteiger partial charge in [0.1, 0.15) is 34.5 Å². The van der Waals surface area contributed by atoms with E-state index < -0.39 is 0 Å². The molecule has 0 amide bonds. The summed E-state index contributed by atoms with van der Waals surface area (Å²) in [5, 5.41) is 0. The van der Waals surface area contributed by atoms with E-state index in [0.29, 0.717) is 40.2 Å². The van der Waals surface area contributed by atoms with Crippen LogP contribution in [0.4, 0.5) is 0 Å². The van der Waals surface area contributed by atoms with Crippen molar-refractivity contribution >= 4 is 0 Å². The van der Waals surface area contributed by atoms with Gasteiger partial charge in [-0.25, -0.2) is 0 Å². The lowest BCUT2D eigenvalue weighted by molar-refractivity contribution is 0.417. The summed E-state index contributed by atoms with van der Waals surface area (Å²) in [5.41, 5.74) is 8.19. The molecule has 0 saturated heterocycles. The first kappa shape index (κ1) is 35.9. The summed E-state index contributed by atoms with van der Waals surface area (Å²) in [6.45, 7) is 0. The Kier molecular flexibility index (Phi) is 10.5. The molecule has 0 N–H and O–H groups in total. The Bertz CT molecular complexity index is 2770. The van der Waals surface area contributed by atoms with E-state index in [9.17, 15) is 0 Å². The summed E-state index contributed by atoms with van der Waals surface area (Å²) < 4.78 is 26.6. The first-order valence-corrected chi connectivity index (χ1v) is 19.2. The van der Waals surface area contributed by atoms with Crippen LogP contribution in [0.3, 0.4) is 0 Å². The van der Waals surface area contributed by atoms with E-state index in [1.165, 1.54) is 11.1 Å². The summed E-state index contributed by atoms with van der Waals surface area (Å²) in [5.74, 6) is 5.13. The minimum atomic E-state index is 0.571. The molecule has 9 aromatic carbocycles. The second-order valence-electron chi connectivity index (χ2n) is 13.6. The zero-order chi connectivity index (χ0) is 38.9. The molecule has 278 valence electrons. The normalized spacial score (nSPS) is 10.8. The highest BCUT2D eigenvalue weighted by Crippen LogP contribution is 2.49. The second kappa shape index (κ2) is 16.9. The average molecular weight is 751 g/mol. The fourth-order valence-corrected chi connectivity index (χ4v) is 7.02. The quantitative estimate of drug-likeness (QED) is 0.125. The predicted octanol–water partition coefficient (Wildman–Crippen LogP) is 15.5. The maximum absolute atomic E-state index is 6.99. The van der Waals surface area contributed by atoms with Gasteiger partial charge >= 0.3 is 0 Å². The van der Waals surface area contributed by atoms with Gasteiger partial charge in [-0.2, -0.15) is 0 Å². The van der Waals surface area contributed by atoms with E-state index in [2.05, 4.69) is 84.9 Å². The smallest absolute Gasteiger partial charge is 0.170 e. The number of hydrogen-bond donors (Lipinski definition) is 0. The summed E-state index contributed by atoms with van der Waals surface area (Å²) in [6, 6.07) is 76.7. The van der Waals surface area contributed by atoms with Gasteiger partial charge in [0.2, 0.25) is 0 Å². The Morgan fingerprint density at radius 1 is 0.224 bits per heavy atom. The second-order valence-corrected chi connectivity index (χ2v) is 13.6. The van der Waals surface area contributed by atoms with Crippen LogP contribution in [-0.4, -0.2) is 0 Å². The van der Waals surface area contributed by atoms with E-state index >= 15 is 0 Å². The van der Waals surface area contributed by atoms with Crippen molar-refractivity contribution in [1.82, 2.24) is 0 Å². The lowest BCUT2D eigenvalue weighted by atomic mass is 9.94. The Morgan fingerprint density at radius 2 is 0.655 bits per heavy atom. The molecule has 4 nitrogen and oxygen atoms in total. The van der Waals surface area contributed by atoms with Crippen molar-refractivity contribution in [2.45, 2.75) is 0 Å². The van der Waals surface area contributed by atoms with Crippen LogP contribution in [0.1, 0.15) is 0 Å². The molecule has 9 aromatic rings. The molecule has 0 spiro atoms. The van der Waals surface area contributed by atoms with Gasteiger partial charge in [-0.3, -0.25) is 0 Å². The number of ether oxygens (including phenoxy) is 4. The number of hydrogen-bond acceptors (Lipinski definition) is 4. The highest BCUT2D eigenvalue weighted by atomic mass is 16.5. The highest BCUT2D eigenvalue weighted by molar-refractivity contribution is 5.87. The SMILES string of the molecule is c1ccc(Oc2ccccc2Oc2c(-c3ccccc3)ccc(Oc3cccc(Oc4cccc(-c5ccccc5-c5ccccc5)c4)c3)c2-c2ccccc2)cc1. The van der Waals surface area contributed by atoms with Crippen LogP contribution in [0.5, 0.6) is 46.0 Å².